The molecule has 1 amide bonds. The fraction of sp³-hybridized carbons (Fsp3) is 0.867. The first-order valence-corrected chi connectivity index (χ1v) is 38.5. The molecule has 0 heterocycles. The van der Waals surface area contributed by atoms with E-state index in [0.717, 1.165) is 64.2 Å². The predicted octanol–water partition coefficient (Wildman–Crippen LogP) is 23.6. The van der Waals surface area contributed by atoms with E-state index in [-0.39, 0.29) is 25.1 Å². The summed E-state index contributed by atoms with van der Waals surface area (Å²) in [5, 5.41) is 3.08. The highest BCUT2D eigenvalue weighted by atomic mass is 31.2. The lowest BCUT2D eigenvalue weighted by molar-refractivity contribution is -0.870. The predicted molar refractivity (Wildman–Crippen MR) is 369 cm³/mol. The van der Waals surface area contributed by atoms with Crippen LogP contribution in [0.25, 0.3) is 0 Å². The second-order valence-electron chi connectivity index (χ2n) is 26.5. The summed E-state index contributed by atoms with van der Waals surface area (Å²) in [5.41, 5.74) is 0. The third kappa shape index (κ3) is 66.2. The number of rotatable bonds is 68. The van der Waals surface area contributed by atoms with E-state index in [2.05, 4.69) is 68.6 Å². The Bertz CT molecular complexity index is 1590. The Labute approximate surface area is 529 Å². The fourth-order valence-electron chi connectivity index (χ4n) is 11.0. The van der Waals surface area contributed by atoms with Crippen LogP contribution in [-0.4, -0.2) is 74.3 Å². The number of carbonyl (C=O) groups is 2. The standard InChI is InChI=1S/C75H143N2O7P/c1-7-10-13-16-19-22-25-28-30-32-34-36-37-38-39-41-42-44-46-49-52-55-58-61-64-67-74(78)76-72(71-83-85(80,81)82-70-69-77(4,5)6)73(66-63-60-57-54-51-48-27-24-21-18-15-12-9-3)84-75(79)68-65-62-59-56-53-50-47-45-43-40-35-33-31-29-26-23-20-17-14-11-8-2/h20,23,28-31,63,66,72-73H,7-19,21-22,24-27,32-62,64-65,67-71H2,1-6H3,(H-,76,78,80,81)/p+1/b23-20-,30-28+,31-29-,66-63-. The number of phosphoric acid groups is 1. The van der Waals surface area contributed by atoms with Crippen molar-refractivity contribution in [3.63, 3.8) is 0 Å². The fourth-order valence-corrected chi connectivity index (χ4v) is 11.8. The summed E-state index contributed by atoms with van der Waals surface area (Å²) in [5.74, 6) is -0.489. The number of likely N-dealkylation sites (N-methyl/N-ethyl adjacent to an activating group) is 1. The molecule has 0 bridgehead atoms. The molecule has 0 fully saturated rings. The Kier molecular flexibility index (Phi) is 63.4. The van der Waals surface area contributed by atoms with Crippen molar-refractivity contribution in [2.75, 3.05) is 40.9 Å². The third-order valence-corrected chi connectivity index (χ3v) is 17.7. The molecule has 0 aliphatic carbocycles. The summed E-state index contributed by atoms with van der Waals surface area (Å²) in [6.45, 7) is 7.04. The maximum absolute atomic E-state index is 13.6. The van der Waals surface area contributed by atoms with Crippen LogP contribution >= 0.6 is 7.82 Å². The summed E-state index contributed by atoms with van der Waals surface area (Å²) in [6, 6.07) is -0.849. The summed E-state index contributed by atoms with van der Waals surface area (Å²) < 4.78 is 30.9. The largest absolute Gasteiger partial charge is 0.472 e. The van der Waals surface area contributed by atoms with Gasteiger partial charge in [0.1, 0.15) is 19.3 Å². The smallest absolute Gasteiger partial charge is 0.456 e. The molecule has 0 aromatic heterocycles. The number of ether oxygens (including phenoxy) is 1. The second-order valence-corrected chi connectivity index (χ2v) is 27.9. The number of amides is 1. The van der Waals surface area contributed by atoms with Crippen molar-refractivity contribution in [3.05, 3.63) is 48.6 Å². The van der Waals surface area contributed by atoms with Gasteiger partial charge in [-0.15, -0.1) is 0 Å². The lowest BCUT2D eigenvalue weighted by Gasteiger charge is -2.27. The molecule has 0 rings (SSSR count). The molecule has 3 atom stereocenters. The van der Waals surface area contributed by atoms with Gasteiger partial charge in [-0.1, -0.05) is 314 Å². The van der Waals surface area contributed by atoms with Crippen LogP contribution in [0.15, 0.2) is 48.6 Å². The number of nitrogens with one attached hydrogen (secondary N) is 1. The van der Waals surface area contributed by atoms with Crippen LogP contribution in [-0.2, 0) is 27.9 Å². The Hall–Kier alpha value is -2.03. The van der Waals surface area contributed by atoms with E-state index < -0.39 is 20.0 Å². The van der Waals surface area contributed by atoms with Gasteiger partial charge in [0.25, 0.3) is 0 Å². The van der Waals surface area contributed by atoms with Crippen LogP contribution in [0.4, 0.5) is 0 Å². The first-order valence-electron chi connectivity index (χ1n) is 37.0. The van der Waals surface area contributed by atoms with Gasteiger partial charge in [-0.25, -0.2) is 4.57 Å². The molecule has 0 aromatic carbocycles. The minimum absolute atomic E-state index is 0.0416. The topological polar surface area (TPSA) is 111 Å². The van der Waals surface area contributed by atoms with E-state index in [9.17, 15) is 19.0 Å². The van der Waals surface area contributed by atoms with Crippen molar-refractivity contribution in [1.29, 1.82) is 0 Å². The van der Waals surface area contributed by atoms with Gasteiger partial charge < -0.3 is 19.4 Å². The molecule has 3 unspecified atom stereocenters. The molecule has 2 N–H and O–H groups in total. The molecule has 9 nitrogen and oxygen atoms in total. The molecule has 0 spiro atoms. The third-order valence-electron chi connectivity index (χ3n) is 16.7. The number of allylic oxidation sites excluding steroid dienone is 7. The molecule has 500 valence electrons. The number of unbranched alkanes of at least 4 members (excludes halogenated alkanes) is 46. The summed E-state index contributed by atoms with van der Waals surface area (Å²) in [4.78, 5) is 38.0. The highest BCUT2D eigenvalue weighted by Gasteiger charge is 2.30. The average molecular weight is 1220 g/mol. The monoisotopic (exact) mass is 1220 g/mol. The van der Waals surface area contributed by atoms with Gasteiger partial charge in [-0.2, -0.15) is 0 Å². The van der Waals surface area contributed by atoms with Gasteiger partial charge in [-0.3, -0.25) is 18.6 Å². The van der Waals surface area contributed by atoms with E-state index in [0.29, 0.717) is 23.9 Å². The molecule has 0 aliphatic rings. The molecule has 0 aromatic rings. The summed E-state index contributed by atoms with van der Waals surface area (Å²) in [6.07, 6.45) is 82.7. The normalized spacial score (nSPS) is 13.7. The van der Waals surface area contributed by atoms with Crippen LogP contribution in [0, 0.1) is 0 Å². The Morgan fingerprint density at radius 3 is 1.09 bits per heavy atom. The number of hydrogen-bond acceptors (Lipinski definition) is 6. The first kappa shape index (κ1) is 83.0. The van der Waals surface area contributed by atoms with Crippen molar-refractivity contribution in [2.24, 2.45) is 0 Å². The summed E-state index contributed by atoms with van der Waals surface area (Å²) in [7, 11) is 1.51. The van der Waals surface area contributed by atoms with Gasteiger partial charge in [-0.05, 0) is 89.5 Å². The number of hydrogen-bond donors (Lipinski definition) is 2. The maximum atomic E-state index is 13.6. The van der Waals surface area contributed by atoms with Gasteiger partial charge in [0.05, 0.1) is 33.8 Å². The van der Waals surface area contributed by atoms with Gasteiger partial charge in [0.2, 0.25) is 5.91 Å². The number of esters is 1. The maximum Gasteiger partial charge on any atom is 0.472 e. The van der Waals surface area contributed by atoms with Crippen LogP contribution in [0.2, 0.25) is 0 Å². The van der Waals surface area contributed by atoms with Crippen molar-refractivity contribution in [3.8, 4) is 0 Å². The van der Waals surface area contributed by atoms with E-state index >= 15 is 0 Å². The highest BCUT2D eigenvalue weighted by molar-refractivity contribution is 7.47. The van der Waals surface area contributed by atoms with Crippen LogP contribution in [0.1, 0.15) is 367 Å². The van der Waals surface area contributed by atoms with Crippen molar-refractivity contribution in [2.45, 2.75) is 380 Å². The van der Waals surface area contributed by atoms with E-state index in [1.54, 1.807) is 0 Å². The molecular formula is C75H144N2O7P+. The number of carbonyl (C=O) groups excluding carboxylic acids is 2. The molecule has 85 heavy (non-hydrogen) atoms. The minimum Gasteiger partial charge on any atom is -0.456 e. The van der Waals surface area contributed by atoms with Crippen LogP contribution < -0.4 is 5.32 Å². The van der Waals surface area contributed by atoms with E-state index in [1.807, 2.05) is 27.2 Å². The van der Waals surface area contributed by atoms with Gasteiger partial charge in [0.15, 0.2) is 0 Å². The highest BCUT2D eigenvalue weighted by Crippen LogP contribution is 2.43. The quantitative estimate of drug-likeness (QED) is 0.0205. The molecule has 10 heteroatoms. The Morgan fingerprint density at radius 2 is 0.718 bits per heavy atom. The van der Waals surface area contributed by atoms with Gasteiger partial charge >= 0.3 is 13.8 Å². The molecule has 0 saturated carbocycles. The molecule has 0 radical (unpaired) electrons. The molecule has 0 aliphatic heterocycles. The molecular weight excluding hydrogens is 1070 g/mol. The Balaban J connectivity index is 5.04. The lowest BCUT2D eigenvalue weighted by atomic mass is 10.0. The van der Waals surface area contributed by atoms with Crippen molar-refractivity contribution >= 4 is 19.7 Å². The number of nitrogens with zero attached hydrogens (tertiary/aromatic N) is 1. The van der Waals surface area contributed by atoms with E-state index in [1.165, 1.54) is 270 Å². The minimum atomic E-state index is -4.45. The lowest BCUT2D eigenvalue weighted by Crippen LogP contribution is -2.47. The first-order chi connectivity index (χ1) is 41.4. The van der Waals surface area contributed by atoms with E-state index in [4.69, 9.17) is 13.8 Å². The SMILES string of the molecule is CCCCC/C=C\C/C=C\CCCCCCCCCCCCCC(=O)OC(/C=C\CCCCCCCCCCCCC)C(COP(=O)(O)OCC[N+](C)(C)C)NC(=O)CCCCCCCCCCCCCCCCC/C=C/CCCCCCCC. The number of quaternary nitrogens is 1. The van der Waals surface area contributed by atoms with Crippen molar-refractivity contribution in [1.82, 2.24) is 5.32 Å². The zero-order valence-corrected chi connectivity index (χ0v) is 58.3. The second kappa shape index (κ2) is 64.9. The van der Waals surface area contributed by atoms with Crippen molar-refractivity contribution < 1.29 is 37.3 Å². The number of phosphoric ester groups is 1. The average Bonchev–Trinajstić information content (AvgIpc) is 3.48. The van der Waals surface area contributed by atoms with Crippen LogP contribution in [0.3, 0.4) is 0 Å². The van der Waals surface area contributed by atoms with Gasteiger partial charge in [0, 0.05) is 12.8 Å². The Morgan fingerprint density at radius 1 is 0.412 bits per heavy atom. The summed E-state index contributed by atoms with van der Waals surface area (Å²) >= 11 is 0. The molecule has 0 saturated heterocycles. The zero-order valence-electron chi connectivity index (χ0n) is 57.4. The zero-order chi connectivity index (χ0) is 62.1. The van der Waals surface area contributed by atoms with Crippen LogP contribution in [0.5, 0.6) is 0 Å².